The Hall–Kier alpha value is -1.88. The van der Waals surface area contributed by atoms with E-state index < -0.39 is 5.97 Å². The highest BCUT2D eigenvalue weighted by atomic mass is 16.4. The lowest BCUT2D eigenvalue weighted by Gasteiger charge is -2.23. The third-order valence-electron chi connectivity index (χ3n) is 2.97. The van der Waals surface area contributed by atoms with Crippen molar-refractivity contribution in [2.24, 2.45) is 0 Å². The zero-order valence-electron chi connectivity index (χ0n) is 11.4. The van der Waals surface area contributed by atoms with Gasteiger partial charge < -0.3 is 10.0 Å². The summed E-state index contributed by atoms with van der Waals surface area (Å²) in [5, 5.41) is 8.66. The Labute approximate surface area is 113 Å². The Bertz CT molecular complexity index is 420. The fourth-order valence-corrected chi connectivity index (χ4v) is 1.70. The second kappa shape index (κ2) is 7.53. The quantitative estimate of drug-likeness (QED) is 0.809. The Morgan fingerprint density at radius 2 is 1.84 bits per heavy atom. The van der Waals surface area contributed by atoms with Gasteiger partial charge in [-0.05, 0) is 18.7 Å². The molecule has 0 saturated carbocycles. The van der Waals surface area contributed by atoms with E-state index in [2.05, 4.69) is 0 Å². The molecular formula is C14H20N2O3. The average molecular weight is 264 g/mol. The second-order valence-electron chi connectivity index (χ2n) is 4.30. The van der Waals surface area contributed by atoms with E-state index in [4.69, 9.17) is 5.11 Å². The number of carboxylic acids is 1. The number of likely N-dealkylation sites (N-methyl/N-ethyl adjacent to an activating group) is 2. The van der Waals surface area contributed by atoms with Gasteiger partial charge in [-0.25, -0.2) is 0 Å². The molecule has 0 atom stereocenters. The first-order valence-corrected chi connectivity index (χ1v) is 6.30. The van der Waals surface area contributed by atoms with E-state index in [1.165, 1.54) is 0 Å². The first-order chi connectivity index (χ1) is 9.04. The molecule has 0 heterocycles. The molecule has 0 radical (unpaired) electrons. The fraction of sp³-hybridized carbons (Fsp3) is 0.429. The summed E-state index contributed by atoms with van der Waals surface area (Å²) in [5.74, 6) is -0.888. The molecule has 1 N–H and O–H groups in total. The van der Waals surface area contributed by atoms with Gasteiger partial charge in [0.05, 0.1) is 13.0 Å². The van der Waals surface area contributed by atoms with E-state index in [0.717, 1.165) is 5.69 Å². The maximum absolute atomic E-state index is 12.1. The number of para-hydroxylation sites is 1. The van der Waals surface area contributed by atoms with E-state index in [-0.39, 0.29) is 18.9 Å². The summed E-state index contributed by atoms with van der Waals surface area (Å²) in [5.41, 5.74) is 0.835. The van der Waals surface area contributed by atoms with Crippen molar-refractivity contribution in [2.75, 3.05) is 31.6 Å². The number of benzene rings is 1. The van der Waals surface area contributed by atoms with E-state index >= 15 is 0 Å². The van der Waals surface area contributed by atoms with Crippen LogP contribution in [0.25, 0.3) is 0 Å². The molecule has 0 aromatic heterocycles. The molecule has 0 fully saturated rings. The molecule has 5 heteroatoms. The molecule has 104 valence electrons. The van der Waals surface area contributed by atoms with Gasteiger partial charge in [-0.3, -0.25) is 14.5 Å². The van der Waals surface area contributed by atoms with Crippen LogP contribution < -0.4 is 4.90 Å². The van der Waals surface area contributed by atoms with Crippen LogP contribution in [-0.4, -0.2) is 48.6 Å². The molecular weight excluding hydrogens is 244 g/mol. The predicted molar refractivity (Wildman–Crippen MR) is 74.2 cm³/mol. The van der Waals surface area contributed by atoms with Gasteiger partial charge in [0.15, 0.2) is 0 Å². The van der Waals surface area contributed by atoms with Gasteiger partial charge in [-0.2, -0.15) is 0 Å². The second-order valence-corrected chi connectivity index (χ2v) is 4.30. The van der Waals surface area contributed by atoms with Crippen LogP contribution in [0.1, 0.15) is 13.3 Å². The van der Waals surface area contributed by atoms with Crippen LogP contribution in [0.2, 0.25) is 0 Å². The minimum absolute atomic E-state index is 0.0431. The van der Waals surface area contributed by atoms with E-state index in [1.54, 1.807) is 11.9 Å². The lowest BCUT2D eigenvalue weighted by molar-refractivity contribution is -0.137. The molecule has 0 saturated heterocycles. The topological polar surface area (TPSA) is 60.9 Å². The van der Waals surface area contributed by atoms with Gasteiger partial charge in [0, 0.05) is 19.3 Å². The molecule has 0 spiro atoms. The number of nitrogens with zero attached hydrogens (tertiary/aromatic N) is 2. The van der Waals surface area contributed by atoms with Crippen molar-refractivity contribution in [3.8, 4) is 0 Å². The summed E-state index contributed by atoms with van der Waals surface area (Å²) >= 11 is 0. The Kier molecular flexibility index (Phi) is 6.02. The molecule has 0 bridgehead atoms. The van der Waals surface area contributed by atoms with Crippen LogP contribution in [0.3, 0.4) is 0 Å². The van der Waals surface area contributed by atoms with Crippen LogP contribution in [-0.2, 0) is 9.59 Å². The highest BCUT2D eigenvalue weighted by Crippen LogP contribution is 2.11. The van der Waals surface area contributed by atoms with Gasteiger partial charge in [0.1, 0.15) is 0 Å². The monoisotopic (exact) mass is 264 g/mol. The maximum atomic E-state index is 12.1. The van der Waals surface area contributed by atoms with Gasteiger partial charge in [-0.1, -0.05) is 25.1 Å². The number of rotatable bonds is 7. The lowest BCUT2D eigenvalue weighted by atomic mass is 10.3. The van der Waals surface area contributed by atoms with E-state index in [1.807, 2.05) is 42.2 Å². The van der Waals surface area contributed by atoms with Gasteiger partial charge in [0.25, 0.3) is 0 Å². The van der Waals surface area contributed by atoms with Gasteiger partial charge >= 0.3 is 5.97 Å². The molecule has 1 rings (SSSR count). The maximum Gasteiger partial charge on any atom is 0.304 e. The van der Waals surface area contributed by atoms with Gasteiger partial charge in [0.2, 0.25) is 5.91 Å². The van der Waals surface area contributed by atoms with Crippen molar-refractivity contribution in [1.29, 1.82) is 0 Å². The summed E-state index contributed by atoms with van der Waals surface area (Å²) in [6.45, 7) is 3.19. The minimum Gasteiger partial charge on any atom is -0.481 e. The first-order valence-electron chi connectivity index (χ1n) is 6.30. The molecule has 1 amide bonds. The zero-order chi connectivity index (χ0) is 14.3. The van der Waals surface area contributed by atoms with Crippen LogP contribution >= 0.6 is 0 Å². The average Bonchev–Trinajstić information content (AvgIpc) is 2.43. The number of anilines is 1. The number of hydrogen-bond acceptors (Lipinski definition) is 3. The lowest BCUT2D eigenvalue weighted by Crippen LogP contribution is -2.39. The van der Waals surface area contributed by atoms with Gasteiger partial charge in [-0.15, -0.1) is 0 Å². The van der Waals surface area contributed by atoms with Crippen molar-refractivity contribution >= 4 is 17.6 Å². The Morgan fingerprint density at radius 1 is 1.21 bits per heavy atom. The van der Waals surface area contributed by atoms with Crippen molar-refractivity contribution in [3.63, 3.8) is 0 Å². The van der Waals surface area contributed by atoms with Crippen LogP contribution in [0.4, 0.5) is 5.69 Å². The summed E-state index contributed by atoms with van der Waals surface area (Å²) in [4.78, 5) is 26.0. The number of aliphatic carboxylic acids is 1. The zero-order valence-corrected chi connectivity index (χ0v) is 11.4. The SMILES string of the molecule is CCN(CCC(=O)O)CC(=O)N(C)c1ccccc1. The highest BCUT2D eigenvalue weighted by Gasteiger charge is 2.15. The first kappa shape index (κ1) is 15.2. The summed E-state index contributed by atoms with van der Waals surface area (Å²) in [6, 6.07) is 9.38. The third-order valence-corrected chi connectivity index (χ3v) is 2.97. The van der Waals surface area contributed by atoms with Crippen molar-refractivity contribution in [2.45, 2.75) is 13.3 Å². The Balaban J connectivity index is 2.55. The van der Waals surface area contributed by atoms with E-state index in [9.17, 15) is 9.59 Å². The molecule has 0 aliphatic rings. The molecule has 1 aromatic carbocycles. The number of carboxylic acid groups (broad SMARTS) is 1. The minimum atomic E-state index is -0.845. The molecule has 1 aromatic rings. The largest absolute Gasteiger partial charge is 0.481 e. The molecule has 19 heavy (non-hydrogen) atoms. The number of carbonyl (C=O) groups excluding carboxylic acids is 1. The standard InChI is InChI=1S/C14H20N2O3/c1-3-16(10-9-14(18)19)11-13(17)15(2)12-7-5-4-6-8-12/h4-8H,3,9-11H2,1-2H3,(H,18,19). The predicted octanol–water partition coefficient (Wildman–Crippen LogP) is 1.45. The van der Waals surface area contributed by atoms with Crippen molar-refractivity contribution < 1.29 is 14.7 Å². The summed E-state index contributed by atoms with van der Waals surface area (Å²) < 4.78 is 0. The normalized spacial score (nSPS) is 10.5. The molecule has 0 aliphatic heterocycles. The molecule has 5 nitrogen and oxygen atoms in total. The smallest absolute Gasteiger partial charge is 0.304 e. The van der Waals surface area contributed by atoms with Crippen molar-refractivity contribution in [3.05, 3.63) is 30.3 Å². The molecule has 0 aliphatic carbocycles. The molecule has 0 unspecified atom stereocenters. The third kappa shape index (κ3) is 5.09. The van der Waals surface area contributed by atoms with Crippen LogP contribution in [0.15, 0.2) is 30.3 Å². The Morgan fingerprint density at radius 3 is 2.37 bits per heavy atom. The summed E-state index contributed by atoms with van der Waals surface area (Å²) in [7, 11) is 1.72. The number of carbonyl (C=O) groups is 2. The van der Waals surface area contributed by atoms with Crippen LogP contribution in [0.5, 0.6) is 0 Å². The summed E-state index contributed by atoms with van der Waals surface area (Å²) in [6.07, 6.45) is 0.0518. The number of hydrogen-bond donors (Lipinski definition) is 1. The number of amides is 1. The van der Waals surface area contributed by atoms with Crippen LogP contribution in [0, 0.1) is 0 Å². The van der Waals surface area contributed by atoms with E-state index in [0.29, 0.717) is 13.1 Å². The van der Waals surface area contributed by atoms with Crippen molar-refractivity contribution in [1.82, 2.24) is 4.90 Å². The highest BCUT2D eigenvalue weighted by molar-refractivity contribution is 5.94. The fourth-order valence-electron chi connectivity index (χ4n) is 1.70.